The SMILES string of the molecule is CC1(c2cccc(F)c2F)OC(N)=NC1=O. The Morgan fingerprint density at radius 3 is 2.69 bits per heavy atom. The number of aliphatic imine (C=N–C) groups is 1. The van der Waals surface area contributed by atoms with Crippen molar-refractivity contribution in [2.45, 2.75) is 12.5 Å². The van der Waals surface area contributed by atoms with Crippen molar-refractivity contribution in [2.75, 3.05) is 0 Å². The van der Waals surface area contributed by atoms with Crippen LogP contribution in [0.15, 0.2) is 23.2 Å². The molecule has 6 heteroatoms. The molecule has 1 amide bonds. The Kier molecular flexibility index (Phi) is 2.15. The van der Waals surface area contributed by atoms with Crippen molar-refractivity contribution in [1.82, 2.24) is 0 Å². The van der Waals surface area contributed by atoms with E-state index in [9.17, 15) is 13.6 Å². The van der Waals surface area contributed by atoms with Crippen LogP contribution >= 0.6 is 0 Å². The van der Waals surface area contributed by atoms with Gasteiger partial charge in [0, 0.05) is 5.56 Å². The van der Waals surface area contributed by atoms with Gasteiger partial charge >= 0.3 is 0 Å². The number of hydrogen-bond acceptors (Lipinski definition) is 3. The second-order valence-corrected chi connectivity index (χ2v) is 3.49. The molecule has 84 valence electrons. The topological polar surface area (TPSA) is 64.7 Å². The van der Waals surface area contributed by atoms with Crippen LogP contribution in [0.4, 0.5) is 8.78 Å². The largest absolute Gasteiger partial charge is 0.443 e. The van der Waals surface area contributed by atoms with Gasteiger partial charge in [0.2, 0.25) is 5.60 Å². The van der Waals surface area contributed by atoms with E-state index >= 15 is 0 Å². The highest BCUT2D eigenvalue weighted by atomic mass is 19.2. The minimum atomic E-state index is -1.68. The minimum absolute atomic E-state index is 0.221. The van der Waals surface area contributed by atoms with Crippen LogP contribution in [0.25, 0.3) is 0 Å². The van der Waals surface area contributed by atoms with Crippen LogP contribution in [0.5, 0.6) is 0 Å². The molecule has 1 heterocycles. The predicted octanol–water partition coefficient (Wildman–Crippen LogP) is 1.05. The quantitative estimate of drug-likeness (QED) is 0.778. The van der Waals surface area contributed by atoms with E-state index in [0.717, 1.165) is 6.07 Å². The maximum absolute atomic E-state index is 13.5. The normalized spacial score (nSPS) is 24.2. The number of nitrogens with two attached hydrogens (primary N) is 1. The number of amidine groups is 1. The van der Waals surface area contributed by atoms with Crippen LogP contribution in [-0.4, -0.2) is 11.9 Å². The molecule has 1 aromatic carbocycles. The zero-order chi connectivity index (χ0) is 11.9. The molecule has 0 bridgehead atoms. The Bertz CT molecular complexity index is 502. The lowest BCUT2D eigenvalue weighted by Gasteiger charge is -2.21. The fourth-order valence-electron chi connectivity index (χ4n) is 1.52. The van der Waals surface area contributed by atoms with E-state index in [-0.39, 0.29) is 11.6 Å². The van der Waals surface area contributed by atoms with Crippen molar-refractivity contribution in [1.29, 1.82) is 0 Å². The number of rotatable bonds is 1. The summed E-state index contributed by atoms with van der Waals surface area (Å²) in [5.74, 6) is -2.95. The molecule has 0 radical (unpaired) electrons. The van der Waals surface area contributed by atoms with Gasteiger partial charge in [-0.15, -0.1) is 0 Å². The second kappa shape index (κ2) is 3.26. The molecule has 2 rings (SSSR count). The van der Waals surface area contributed by atoms with Gasteiger partial charge in [0.05, 0.1) is 0 Å². The first-order valence-electron chi connectivity index (χ1n) is 4.47. The van der Waals surface area contributed by atoms with Crippen molar-refractivity contribution < 1.29 is 18.3 Å². The van der Waals surface area contributed by atoms with Gasteiger partial charge in [-0.1, -0.05) is 12.1 Å². The monoisotopic (exact) mass is 226 g/mol. The van der Waals surface area contributed by atoms with Gasteiger partial charge in [0.15, 0.2) is 11.6 Å². The summed E-state index contributed by atoms with van der Waals surface area (Å²) in [5, 5.41) is 0. The van der Waals surface area contributed by atoms with Gasteiger partial charge in [-0.25, -0.2) is 8.78 Å². The summed E-state index contributed by atoms with van der Waals surface area (Å²) in [5.41, 5.74) is 3.31. The summed E-state index contributed by atoms with van der Waals surface area (Å²) in [6, 6.07) is 3.14. The molecule has 1 unspecified atom stereocenters. The summed E-state index contributed by atoms with van der Waals surface area (Å²) < 4.78 is 31.5. The van der Waals surface area contributed by atoms with Crippen molar-refractivity contribution in [3.05, 3.63) is 35.4 Å². The van der Waals surface area contributed by atoms with E-state index < -0.39 is 23.1 Å². The first-order valence-corrected chi connectivity index (χ1v) is 4.47. The lowest BCUT2D eigenvalue weighted by Crippen LogP contribution is -2.33. The smallest absolute Gasteiger partial charge is 0.299 e. The van der Waals surface area contributed by atoms with Crippen LogP contribution in [0.1, 0.15) is 12.5 Å². The summed E-state index contributed by atoms with van der Waals surface area (Å²) in [4.78, 5) is 14.8. The van der Waals surface area contributed by atoms with Crippen molar-refractivity contribution >= 4 is 11.9 Å². The third-order valence-corrected chi connectivity index (χ3v) is 2.39. The Balaban J connectivity index is 2.54. The van der Waals surface area contributed by atoms with Gasteiger partial charge in [-0.3, -0.25) is 4.79 Å². The number of halogens is 2. The van der Waals surface area contributed by atoms with E-state index in [4.69, 9.17) is 10.5 Å². The second-order valence-electron chi connectivity index (χ2n) is 3.49. The van der Waals surface area contributed by atoms with Gasteiger partial charge in [0.1, 0.15) is 0 Å². The Labute approximate surface area is 89.7 Å². The van der Waals surface area contributed by atoms with E-state index in [1.165, 1.54) is 19.1 Å². The Morgan fingerprint density at radius 1 is 1.44 bits per heavy atom. The molecular weight excluding hydrogens is 218 g/mol. The zero-order valence-corrected chi connectivity index (χ0v) is 8.33. The summed E-state index contributed by atoms with van der Waals surface area (Å²) >= 11 is 0. The average molecular weight is 226 g/mol. The highest BCUT2D eigenvalue weighted by Gasteiger charge is 2.45. The van der Waals surface area contributed by atoms with Gasteiger partial charge in [0.25, 0.3) is 11.9 Å². The summed E-state index contributed by atoms with van der Waals surface area (Å²) in [7, 11) is 0. The van der Waals surface area contributed by atoms with Gasteiger partial charge in [-0.05, 0) is 13.0 Å². The number of amides is 1. The summed E-state index contributed by atoms with van der Waals surface area (Å²) in [6.45, 7) is 1.29. The predicted molar refractivity (Wildman–Crippen MR) is 51.4 cm³/mol. The minimum Gasteiger partial charge on any atom is -0.443 e. The highest BCUT2D eigenvalue weighted by Crippen LogP contribution is 2.33. The molecular formula is C10H8F2N2O2. The van der Waals surface area contributed by atoms with Gasteiger partial charge in [-0.2, -0.15) is 4.99 Å². The van der Waals surface area contributed by atoms with Crippen LogP contribution in [0.3, 0.4) is 0 Å². The molecule has 1 aliphatic rings. The number of nitrogens with zero attached hydrogens (tertiary/aromatic N) is 1. The van der Waals surface area contributed by atoms with Crippen molar-refractivity contribution in [2.24, 2.45) is 10.7 Å². The standard InChI is InChI=1S/C10H8F2N2O2/c1-10(8(15)14-9(13)16-10)5-3-2-4-6(11)7(5)12/h2-4H,1H3,(H2,13,14,15). The lowest BCUT2D eigenvalue weighted by molar-refractivity contribution is -0.130. The van der Waals surface area contributed by atoms with Crippen molar-refractivity contribution in [3.63, 3.8) is 0 Å². The summed E-state index contributed by atoms with van der Waals surface area (Å²) in [6.07, 6.45) is 0. The Hall–Kier alpha value is -1.98. The van der Waals surface area contributed by atoms with Crippen LogP contribution < -0.4 is 5.73 Å². The molecule has 0 aromatic heterocycles. The molecule has 2 N–H and O–H groups in total. The maximum Gasteiger partial charge on any atom is 0.299 e. The molecule has 4 nitrogen and oxygen atoms in total. The first kappa shape index (κ1) is 10.5. The fraction of sp³-hybridized carbons (Fsp3) is 0.200. The number of ether oxygens (including phenoxy) is 1. The highest BCUT2D eigenvalue weighted by molar-refractivity contribution is 6.01. The number of carbonyl (C=O) groups excluding carboxylic acids is 1. The molecule has 0 aliphatic carbocycles. The zero-order valence-electron chi connectivity index (χ0n) is 8.33. The molecule has 1 aromatic rings. The van der Waals surface area contributed by atoms with Crippen LogP contribution in [-0.2, 0) is 15.1 Å². The third kappa shape index (κ3) is 1.34. The maximum atomic E-state index is 13.5. The molecule has 16 heavy (non-hydrogen) atoms. The van der Waals surface area contributed by atoms with Crippen LogP contribution in [0, 0.1) is 11.6 Å². The van der Waals surface area contributed by atoms with Crippen LogP contribution in [0.2, 0.25) is 0 Å². The van der Waals surface area contributed by atoms with E-state index in [1.807, 2.05) is 0 Å². The Morgan fingerprint density at radius 2 is 2.12 bits per heavy atom. The number of benzene rings is 1. The van der Waals surface area contributed by atoms with Crippen molar-refractivity contribution in [3.8, 4) is 0 Å². The van der Waals surface area contributed by atoms with E-state index in [0.29, 0.717) is 0 Å². The molecule has 0 spiro atoms. The molecule has 0 fully saturated rings. The number of hydrogen-bond donors (Lipinski definition) is 1. The molecule has 1 atom stereocenters. The molecule has 0 saturated carbocycles. The molecule has 0 saturated heterocycles. The average Bonchev–Trinajstić information content (AvgIpc) is 2.46. The van der Waals surface area contributed by atoms with E-state index in [1.54, 1.807) is 0 Å². The fourth-order valence-corrected chi connectivity index (χ4v) is 1.52. The molecule has 1 aliphatic heterocycles. The first-order chi connectivity index (χ1) is 7.45. The number of carbonyl (C=O) groups is 1. The third-order valence-electron chi connectivity index (χ3n) is 2.39. The van der Waals surface area contributed by atoms with E-state index in [2.05, 4.69) is 4.99 Å². The van der Waals surface area contributed by atoms with Gasteiger partial charge < -0.3 is 10.5 Å². The lowest BCUT2D eigenvalue weighted by atomic mass is 9.95.